The van der Waals surface area contributed by atoms with Crippen LogP contribution in [0.4, 0.5) is 0 Å². The molecule has 0 aliphatic carbocycles. The Balaban J connectivity index is 3.48. The molecule has 0 bridgehead atoms. The Kier molecular flexibility index (Phi) is 4.02. The molecule has 0 aliphatic heterocycles. The summed E-state index contributed by atoms with van der Waals surface area (Å²) in [6.07, 6.45) is -0.394. The van der Waals surface area contributed by atoms with Gasteiger partial charge in [-0.3, -0.25) is 0 Å². The van der Waals surface area contributed by atoms with Crippen molar-refractivity contribution >= 4 is 0 Å². The second-order valence-electron chi connectivity index (χ2n) is 2.00. The van der Waals surface area contributed by atoms with E-state index in [1.165, 1.54) is 0 Å². The van der Waals surface area contributed by atoms with Gasteiger partial charge in [0.1, 0.15) is 0 Å². The van der Waals surface area contributed by atoms with Gasteiger partial charge < -0.3 is 10.2 Å². The molecule has 0 heterocycles. The highest BCUT2D eigenvalue weighted by molar-refractivity contribution is 4.84. The molecular formula is C6H11NO2. The molecule has 0 spiro atoms. The first-order valence-corrected chi connectivity index (χ1v) is 2.91. The van der Waals surface area contributed by atoms with E-state index in [1.807, 2.05) is 6.07 Å². The largest absolute Gasteiger partial charge is 0.396 e. The third-order valence-electron chi connectivity index (χ3n) is 1.21. The van der Waals surface area contributed by atoms with Crippen LogP contribution < -0.4 is 0 Å². The zero-order valence-electron chi connectivity index (χ0n) is 5.41. The van der Waals surface area contributed by atoms with Gasteiger partial charge in [0.25, 0.3) is 0 Å². The summed E-state index contributed by atoms with van der Waals surface area (Å²) in [7, 11) is 0. The van der Waals surface area contributed by atoms with Crippen LogP contribution in [0.2, 0.25) is 0 Å². The van der Waals surface area contributed by atoms with Crippen molar-refractivity contribution in [3.05, 3.63) is 0 Å². The Morgan fingerprint density at radius 2 is 2.22 bits per heavy atom. The number of nitrogens with zero attached hydrogens (tertiary/aromatic N) is 1. The van der Waals surface area contributed by atoms with Crippen LogP contribution in [0, 0.1) is 17.2 Å². The minimum atomic E-state index is -0.681. The lowest BCUT2D eigenvalue weighted by Crippen LogP contribution is -2.17. The Morgan fingerprint density at radius 1 is 1.67 bits per heavy atom. The van der Waals surface area contributed by atoms with E-state index in [-0.39, 0.29) is 18.9 Å². The van der Waals surface area contributed by atoms with Crippen LogP contribution in [0.3, 0.4) is 0 Å². The monoisotopic (exact) mass is 129 g/mol. The molecule has 3 nitrogen and oxygen atoms in total. The van der Waals surface area contributed by atoms with Gasteiger partial charge in [-0.2, -0.15) is 5.26 Å². The van der Waals surface area contributed by atoms with Crippen molar-refractivity contribution in [3.63, 3.8) is 0 Å². The standard InChI is InChI=1S/C6H11NO2/c1-5(4-7)6(9)2-3-8/h5-6,8-9H,2-3H2,1H3. The van der Waals surface area contributed by atoms with E-state index in [0.29, 0.717) is 0 Å². The molecule has 0 aromatic carbocycles. The molecule has 2 atom stereocenters. The number of aliphatic hydroxyl groups excluding tert-OH is 2. The van der Waals surface area contributed by atoms with E-state index in [2.05, 4.69) is 0 Å². The maximum absolute atomic E-state index is 8.94. The van der Waals surface area contributed by atoms with Gasteiger partial charge in [-0.1, -0.05) is 0 Å². The van der Waals surface area contributed by atoms with E-state index in [1.54, 1.807) is 6.92 Å². The third kappa shape index (κ3) is 3.07. The highest BCUT2D eigenvalue weighted by Crippen LogP contribution is 2.03. The molecular weight excluding hydrogens is 118 g/mol. The fourth-order valence-electron chi connectivity index (χ4n) is 0.468. The zero-order chi connectivity index (χ0) is 7.28. The topological polar surface area (TPSA) is 64.2 Å². The lowest BCUT2D eigenvalue weighted by molar-refractivity contribution is 0.106. The predicted molar refractivity (Wildman–Crippen MR) is 32.5 cm³/mol. The molecule has 52 valence electrons. The van der Waals surface area contributed by atoms with Gasteiger partial charge in [0.2, 0.25) is 0 Å². The summed E-state index contributed by atoms with van der Waals surface area (Å²) in [5.74, 6) is -0.378. The van der Waals surface area contributed by atoms with Crippen molar-refractivity contribution in [1.82, 2.24) is 0 Å². The minimum Gasteiger partial charge on any atom is -0.396 e. The molecule has 2 unspecified atom stereocenters. The van der Waals surface area contributed by atoms with Gasteiger partial charge in [0.05, 0.1) is 18.1 Å². The molecule has 2 N–H and O–H groups in total. The van der Waals surface area contributed by atoms with Crippen LogP contribution >= 0.6 is 0 Å². The molecule has 0 aromatic heterocycles. The van der Waals surface area contributed by atoms with Gasteiger partial charge in [-0.15, -0.1) is 0 Å². The molecule has 0 saturated heterocycles. The molecule has 0 radical (unpaired) electrons. The summed E-state index contributed by atoms with van der Waals surface area (Å²) in [5, 5.41) is 25.5. The van der Waals surface area contributed by atoms with Crippen molar-refractivity contribution < 1.29 is 10.2 Å². The molecule has 0 fully saturated rings. The molecule has 0 rings (SSSR count). The lowest BCUT2D eigenvalue weighted by atomic mass is 10.0. The number of aliphatic hydroxyl groups is 2. The Labute approximate surface area is 54.5 Å². The average Bonchev–Trinajstić information content (AvgIpc) is 1.87. The van der Waals surface area contributed by atoms with Crippen molar-refractivity contribution in [1.29, 1.82) is 5.26 Å². The van der Waals surface area contributed by atoms with E-state index < -0.39 is 6.10 Å². The first-order valence-electron chi connectivity index (χ1n) is 2.91. The van der Waals surface area contributed by atoms with Crippen molar-refractivity contribution in [2.24, 2.45) is 5.92 Å². The van der Waals surface area contributed by atoms with Crippen LogP contribution in [0.5, 0.6) is 0 Å². The summed E-state index contributed by atoms with van der Waals surface area (Å²) in [4.78, 5) is 0. The van der Waals surface area contributed by atoms with Crippen LogP contribution in [0.15, 0.2) is 0 Å². The maximum atomic E-state index is 8.94. The third-order valence-corrected chi connectivity index (χ3v) is 1.21. The smallest absolute Gasteiger partial charge is 0.0717 e. The van der Waals surface area contributed by atoms with Gasteiger partial charge in [-0.25, -0.2) is 0 Å². The van der Waals surface area contributed by atoms with Gasteiger partial charge >= 0.3 is 0 Å². The number of hydrogen-bond acceptors (Lipinski definition) is 3. The van der Waals surface area contributed by atoms with Crippen molar-refractivity contribution in [2.45, 2.75) is 19.4 Å². The second-order valence-corrected chi connectivity index (χ2v) is 2.00. The van der Waals surface area contributed by atoms with Crippen molar-refractivity contribution in [2.75, 3.05) is 6.61 Å². The Bertz CT molecular complexity index is 108. The SMILES string of the molecule is CC(C#N)C(O)CCO. The number of hydrogen-bond donors (Lipinski definition) is 2. The Hall–Kier alpha value is -0.590. The zero-order valence-corrected chi connectivity index (χ0v) is 5.41. The van der Waals surface area contributed by atoms with E-state index in [9.17, 15) is 0 Å². The Morgan fingerprint density at radius 3 is 2.56 bits per heavy atom. The summed E-state index contributed by atoms with van der Waals surface area (Å²) in [6.45, 7) is 1.56. The maximum Gasteiger partial charge on any atom is 0.0717 e. The molecule has 0 aromatic rings. The van der Waals surface area contributed by atoms with Gasteiger partial charge in [-0.05, 0) is 13.3 Å². The highest BCUT2D eigenvalue weighted by atomic mass is 16.3. The summed E-state index contributed by atoms with van der Waals surface area (Å²) in [6, 6.07) is 1.89. The van der Waals surface area contributed by atoms with E-state index in [4.69, 9.17) is 15.5 Å². The molecule has 9 heavy (non-hydrogen) atoms. The van der Waals surface area contributed by atoms with Crippen molar-refractivity contribution in [3.8, 4) is 6.07 Å². The van der Waals surface area contributed by atoms with Gasteiger partial charge in [0.15, 0.2) is 0 Å². The summed E-state index contributed by atoms with van der Waals surface area (Å²) >= 11 is 0. The molecule has 0 aliphatic rings. The number of rotatable bonds is 3. The normalized spacial score (nSPS) is 16.2. The van der Waals surface area contributed by atoms with Crippen LogP contribution in [-0.4, -0.2) is 22.9 Å². The summed E-state index contributed by atoms with van der Waals surface area (Å²) in [5.41, 5.74) is 0. The average molecular weight is 129 g/mol. The lowest BCUT2D eigenvalue weighted by Gasteiger charge is -2.08. The first-order chi connectivity index (χ1) is 4.22. The second kappa shape index (κ2) is 4.30. The molecule has 0 amide bonds. The quantitative estimate of drug-likeness (QED) is 0.558. The van der Waals surface area contributed by atoms with Crippen LogP contribution in [0.25, 0.3) is 0 Å². The minimum absolute atomic E-state index is 0.0623. The first kappa shape index (κ1) is 8.41. The number of nitriles is 1. The van der Waals surface area contributed by atoms with E-state index in [0.717, 1.165) is 0 Å². The summed E-state index contributed by atoms with van der Waals surface area (Å²) < 4.78 is 0. The van der Waals surface area contributed by atoms with Crippen LogP contribution in [0.1, 0.15) is 13.3 Å². The predicted octanol–water partition coefficient (Wildman–Crippen LogP) is -0.111. The van der Waals surface area contributed by atoms with Crippen LogP contribution in [-0.2, 0) is 0 Å². The fourth-order valence-corrected chi connectivity index (χ4v) is 0.468. The molecule has 3 heteroatoms. The van der Waals surface area contributed by atoms with E-state index >= 15 is 0 Å². The molecule has 0 saturated carbocycles. The highest BCUT2D eigenvalue weighted by Gasteiger charge is 2.11. The fraction of sp³-hybridized carbons (Fsp3) is 0.833. The van der Waals surface area contributed by atoms with Gasteiger partial charge in [0, 0.05) is 6.61 Å².